The molecule has 0 radical (unpaired) electrons. The van der Waals surface area contributed by atoms with Crippen LogP contribution in [0.25, 0.3) is 0 Å². The summed E-state index contributed by atoms with van der Waals surface area (Å²) in [6.45, 7) is 4.54. The molecule has 1 unspecified atom stereocenters. The normalized spacial score (nSPS) is 29.4. The second-order valence-corrected chi connectivity index (χ2v) is 6.10. The van der Waals surface area contributed by atoms with Crippen LogP contribution in [0.1, 0.15) is 64.7 Å². The zero-order chi connectivity index (χ0) is 12.1. The van der Waals surface area contributed by atoms with Crippen LogP contribution in [-0.2, 0) is 4.79 Å². The van der Waals surface area contributed by atoms with Crippen molar-refractivity contribution in [1.29, 1.82) is 0 Å². The van der Waals surface area contributed by atoms with Crippen LogP contribution in [0.15, 0.2) is 0 Å². The third kappa shape index (κ3) is 3.09. The average molecular weight is 237 g/mol. The molecule has 0 bridgehead atoms. The summed E-state index contributed by atoms with van der Waals surface area (Å²) in [4.78, 5) is 14.1. The molecule has 2 rings (SSSR count). The molecule has 2 fully saturated rings. The van der Waals surface area contributed by atoms with Gasteiger partial charge in [-0.2, -0.15) is 0 Å². The fourth-order valence-corrected chi connectivity index (χ4v) is 3.73. The van der Waals surface area contributed by atoms with E-state index in [0.717, 1.165) is 25.4 Å². The standard InChI is InChI=1S/C15H27NO/c1-2-7-14-8-3-6-11-16(14)12-15(13-17)9-4-5-10-15/h13-14H,2-12H2,1H3. The van der Waals surface area contributed by atoms with Crippen LogP contribution in [0.5, 0.6) is 0 Å². The highest BCUT2D eigenvalue weighted by Gasteiger charge is 2.37. The number of piperidine rings is 1. The summed E-state index contributed by atoms with van der Waals surface area (Å²) >= 11 is 0. The Morgan fingerprint density at radius 1 is 1.24 bits per heavy atom. The minimum absolute atomic E-state index is 0.0172. The van der Waals surface area contributed by atoms with E-state index in [0.29, 0.717) is 0 Å². The van der Waals surface area contributed by atoms with Crippen LogP contribution < -0.4 is 0 Å². The lowest BCUT2D eigenvalue weighted by Crippen LogP contribution is -2.46. The van der Waals surface area contributed by atoms with Crippen molar-refractivity contribution in [3.05, 3.63) is 0 Å². The Kier molecular flexibility index (Phi) is 4.61. The van der Waals surface area contributed by atoms with Crippen LogP contribution in [0.2, 0.25) is 0 Å². The van der Waals surface area contributed by atoms with E-state index in [1.165, 1.54) is 57.8 Å². The Labute approximate surface area is 106 Å². The van der Waals surface area contributed by atoms with E-state index < -0.39 is 0 Å². The number of likely N-dealkylation sites (tertiary alicyclic amines) is 1. The number of hydrogen-bond donors (Lipinski definition) is 0. The van der Waals surface area contributed by atoms with E-state index in [9.17, 15) is 4.79 Å². The van der Waals surface area contributed by atoms with Crippen molar-refractivity contribution in [2.24, 2.45) is 5.41 Å². The van der Waals surface area contributed by atoms with Gasteiger partial charge in [-0.3, -0.25) is 4.90 Å². The largest absolute Gasteiger partial charge is 0.303 e. The average Bonchev–Trinajstić information content (AvgIpc) is 2.81. The monoisotopic (exact) mass is 237 g/mol. The molecule has 1 aliphatic carbocycles. The van der Waals surface area contributed by atoms with Gasteiger partial charge in [0.25, 0.3) is 0 Å². The van der Waals surface area contributed by atoms with Crippen LogP contribution in [-0.4, -0.2) is 30.3 Å². The van der Waals surface area contributed by atoms with Gasteiger partial charge in [-0.1, -0.05) is 32.6 Å². The third-order valence-electron chi connectivity index (χ3n) is 4.74. The van der Waals surface area contributed by atoms with Gasteiger partial charge in [0.15, 0.2) is 0 Å². The molecule has 1 aliphatic heterocycles. The van der Waals surface area contributed by atoms with Crippen molar-refractivity contribution in [3.8, 4) is 0 Å². The molecule has 1 atom stereocenters. The maximum absolute atomic E-state index is 11.4. The molecule has 1 saturated carbocycles. The molecule has 98 valence electrons. The summed E-state index contributed by atoms with van der Waals surface area (Å²) < 4.78 is 0. The molecule has 0 aromatic heterocycles. The van der Waals surface area contributed by atoms with Crippen molar-refractivity contribution in [3.63, 3.8) is 0 Å². The van der Waals surface area contributed by atoms with Gasteiger partial charge in [-0.05, 0) is 38.6 Å². The van der Waals surface area contributed by atoms with Gasteiger partial charge in [0, 0.05) is 18.0 Å². The van der Waals surface area contributed by atoms with Crippen molar-refractivity contribution in [2.45, 2.75) is 70.8 Å². The highest BCUT2D eigenvalue weighted by Crippen LogP contribution is 2.38. The summed E-state index contributed by atoms with van der Waals surface area (Å²) in [7, 11) is 0. The van der Waals surface area contributed by atoms with E-state index in [1.54, 1.807) is 0 Å². The molecule has 0 aromatic rings. The molecule has 2 nitrogen and oxygen atoms in total. The molecular formula is C15H27NO. The Morgan fingerprint density at radius 3 is 2.65 bits per heavy atom. The highest BCUT2D eigenvalue weighted by atomic mass is 16.1. The Morgan fingerprint density at radius 2 is 2.00 bits per heavy atom. The molecule has 1 saturated heterocycles. The lowest BCUT2D eigenvalue weighted by atomic mass is 9.85. The van der Waals surface area contributed by atoms with Gasteiger partial charge in [-0.25, -0.2) is 0 Å². The summed E-state index contributed by atoms with van der Waals surface area (Å²) in [5.74, 6) is 0. The van der Waals surface area contributed by atoms with E-state index in [-0.39, 0.29) is 5.41 Å². The summed E-state index contributed by atoms with van der Waals surface area (Å²) in [5, 5.41) is 0. The molecule has 17 heavy (non-hydrogen) atoms. The third-order valence-corrected chi connectivity index (χ3v) is 4.74. The zero-order valence-corrected chi connectivity index (χ0v) is 11.3. The lowest BCUT2D eigenvalue weighted by Gasteiger charge is -2.40. The minimum Gasteiger partial charge on any atom is -0.303 e. The first-order valence-electron chi connectivity index (χ1n) is 7.50. The van der Waals surface area contributed by atoms with E-state index in [1.807, 2.05) is 0 Å². The predicted octanol–water partition coefficient (Wildman–Crippen LogP) is 3.40. The smallest absolute Gasteiger partial charge is 0.127 e. The maximum atomic E-state index is 11.4. The topological polar surface area (TPSA) is 20.3 Å². The van der Waals surface area contributed by atoms with Crippen molar-refractivity contribution in [1.82, 2.24) is 4.90 Å². The van der Waals surface area contributed by atoms with E-state index in [4.69, 9.17) is 0 Å². The number of rotatable bonds is 5. The van der Waals surface area contributed by atoms with Crippen LogP contribution >= 0.6 is 0 Å². The van der Waals surface area contributed by atoms with Crippen LogP contribution in [0, 0.1) is 5.41 Å². The van der Waals surface area contributed by atoms with Crippen LogP contribution in [0.3, 0.4) is 0 Å². The second kappa shape index (κ2) is 5.99. The molecule has 0 N–H and O–H groups in total. The number of hydrogen-bond acceptors (Lipinski definition) is 2. The van der Waals surface area contributed by atoms with E-state index in [2.05, 4.69) is 11.8 Å². The number of aldehydes is 1. The molecule has 2 heteroatoms. The molecule has 1 heterocycles. The Bertz CT molecular complexity index is 243. The zero-order valence-electron chi connectivity index (χ0n) is 11.3. The van der Waals surface area contributed by atoms with E-state index >= 15 is 0 Å². The molecule has 0 amide bonds. The first-order valence-corrected chi connectivity index (χ1v) is 7.50. The molecule has 2 aliphatic rings. The lowest BCUT2D eigenvalue weighted by molar-refractivity contribution is -0.117. The fourth-order valence-electron chi connectivity index (χ4n) is 3.73. The Balaban J connectivity index is 1.96. The van der Waals surface area contributed by atoms with Crippen molar-refractivity contribution in [2.75, 3.05) is 13.1 Å². The minimum atomic E-state index is 0.0172. The highest BCUT2D eigenvalue weighted by molar-refractivity contribution is 5.60. The molecular weight excluding hydrogens is 210 g/mol. The molecule has 0 aromatic carbocycles. The van der Waals surface area contributed by atoms with Gasteiger partial charge in [0.1, 0.15) is 6.29 Å². The predicted molar refractivity (Wildman–Crippen MR) is 71.1 cm³/mol. The summed E-state index contributed by atoms with van der Waals surface area (Å²) in [6.07, 6.45) is 12.7. The summed E-state index contributed by atoms with van der Waals surface area (Å²) in [5.41, 5.74) is 0.0172. The maximum Gasteiger partial charge on any atom is 0.127 e. The second-order valence-electron chi connectivity index (χ2n) is 6.10. The van der Waals surface area contributed by atoms with Crippen LogP contribution in [0.4, 0.5) is 0 Å². The van der Waals surface area contributed by atoms with Gasteiger partial charge in [-0.15, -0.1) is 0 Å². The number of carbonyl (C=O) groups is 1. The molecule has 0 spiro atoms. The van der Waals surface area contributed by atoms with Gasteiger partial charge in [0.05, 0.1) is 0 Å². The SMILES string of the molecule is CCCC1CCCCN1CC1(C=O)CCCC1. The fraction of sp³-hybridized carbons (Fsp3) is 0.933. The first-order chi connectivity index (χ1) is 8.29. The van der Waals surface area contributed by atoms with Crippen molar-refractivity contribution < 1.29 is 4.79 Å². The van der Waals surface area contributed by atoms with Crippen molar-refractivity contribution >= 4 is 6.29 Å². The first kappa shape index (κ1) is 13.1. The quantitative estimate of drug-likeness (QED) is 0.683. The van der Waals surface area contributed by atoms with Gasteiger partial charge in [0.2, 0.25) is 0 Å². The number of nitrogens with zero attached hydrogens (tertiary/aromatic N) is 1. The summed E-state index contributed by atoms with van der Waals surface area (Å²) in [6, 6.07) is 0.756. The Hall–Kier alpha value is -0.370. The van der Waals surface area contributed by atoms with Gasteiger partial charge >= 0.3 is 0 Å². The van der Waals surface area contributed by atoms with Gasteiger partial charge < -0.3 is 4.79 Å². The number of carbonyl (C=O) groups excluding carboxylic acids is 1.